The Hall–Kier alpha value is -2.82. The Morgan fingerprint density at radius 1 is 1.03 bits per heavy atom. The van der Waals surface area contributed by atoms with Gasteiger partial charge in [0.05, 0.1) is 0 Å². The van der Waals surface area contributed by atoms with Crippen LogP contribution in [-0.2, 0) is 11.2 Å². The van der Waals surface area contributed by atoms with Crippen molar-refractivity contribution in [3.05, 3.63) is 65.7 Å². The summed E-state index contributed by atoms with van der Waals surface area (Å²) in [6.45, 7) is 5.24. The molecule has 3 aliphatic rings. The number of nitrogens with one attached hydrogen (secondary N) is 2. The van der Waals surface area contributed by atoms with Crippen LogP contribution < -0.4 is 10.6 Å². The fraction of sp³-hybridized carbons (Fsp3) is 0.533. The maximum Gasteiger partial charge on any atom is 0.319 e. The quantitative estimate of drug-likeness (QED) is 0.550. The number of carbonyl (C=O) groups is 2. The zero-order valence-corrected chi connectivity index (χ0v) is 21.1. The average Bonchev–Trinajstić information content (AvgIpc) is 3.22. The number of urea groups is 1. The number of amides is 3. The fourth-order valence-corrected chi connectivity index (χ4v) is 7.13. The lowest BCUT2D eigenvalue weighted by Gasteiger charge is -2.53. The zero-order chi connectivity index (χ0) is 24.4. The molecule has 186 valence electrons. The summed E-state index contributed by atoms with van der Waals surface area (Å²) in [5.74, 6) is 1.54. The summed E-state index contributed by atoms with van der Waals surface area (Å²) in [7, 11) is 0. The minimum Gasteiger partial charge on any atom is -0.337 e. The van der Waals surface area contributed by atoms with Crippen LogP contribution in [0.1, 0.15) is 75.8 Å². The van der Waals surface area contributed by atoms with E-state index in [1.807, 2.05) is 12.1 Å². The predicted octanol–water partition coefficient (Wildman–Crippen LogP) is 6.11. The average molecular weight is 474 g/mol. The molecule has 3 amide bonds. The largest absolute Gasteiger partial charge is 0.337 e. The molecule has 1 unspecified atom stereocenters. The van der Waals surface area contributed by atoms with Gasteiger partial charge in [-0.1, -0.05) is 56.3 Å². The van der Waals surface area contributed by atoms with E-state index in [-0.39, 0.29) is 17.6 Å². The summed E-state index contributed by atoms with van der Waals surface area (Å²) in [6, 6.07) is 18.8. The second kappa shape index (κ2) is 10.0. The van der Waals surface area contributed by atoms with Crippen LogP contribution in [0.3, 0.4) is 0 Å². The van der Waals surface area contributed by atoms with Gasteiger partial charge in [-0.25, -0.2) is 4.79 Å². The van der Waals surface area contributed by atoms with Gasteiger partial charge in [-0.05, 0) is 86.0 Å². The molecule has 2 aromatic rings. The Balaban J connectivity index is 1.37. The minimum atomic E-state index is -0.130. The van der Waals surface area contributed by atoms with Gasteiger partial charge < -0.3 is 15.5 Å². The number of anilines is 1. The molecule has 5 heteroatoms. The number of rotatable bonds is 5. The molecule has 2 aromatic carbocycles. The first-order chi connectivity index (χ1) is 17.0. The number of carbonyl (C=O) groups excluding carboxylic acids is 2. The Labute approximate surface area is 209 Å². The molecule has 4 atom stereocenters. The van der Waals surface area contributed by atoms with E-state index in [2.05, 4.69) is 71.8 Å². The van der Waals surface area contributed by atoms with Crippen LogP contribution in [-0.4, -0.2) is 35.0 Å². The first-order valence-corrected chi connectivity index (χ1v) is 13.5. The van der Waals surface area contributed by atoms with E-state index >= 15 is 0 Å². The number of hydrogen-bond donors (Lipinski definition) is 2. The first kappa shape index (κ1) is 23.9. The molecule has 0 aromatic heterocycles. The molecule has 2 saturated heterocycles. The van der Waals surface area contributed by atoms with Crippen LogP contribution in [0, 0.1) is 11.8 Å². The molecule has 35 heavy (non-hydrogen) atoms. The van der Waals surface area contributed by atoms with E-state index in [0.29, 0.717) is 30.1 Å². The van der Waals surface area contributed by atoms with Gasteiger partial charge in [-0.3, -0.25) is 4.79 Å². The summed E-state index contributed by atoms with van der Waals surface area (Å²) < 4.78 is 0. The predicted molar refractivity (Wildman–Crippen MR) is 140 cm³/mol. The summed E-state index contributed by atoms with van der Waals surface area (Å²) in [4.78, 5) is 28.3. The maximum absolute atomic E-state index is 13.1. The molecule has 2 aliphatic heterocycles. The van der Waals surface area contributed by atoms with Gasteiger partial charge in [0.15, 0.2) is 0 Å². The fourth-order valence-electron chi connectivity index (χ4n) is 7.13. The standard InChI is InChI=1S/C30H39N3O2/c1-21(2)23-12-14-24(15-13-23)31-29(35)32-27-16-18-30-17-7-19-33(30)28(34)11-6-10-26(30)25(27)20-22-8-4-3-5-9-22/h3-5,8-9,12-15,21,25-27H,6-7,10-11,16-20H2,1-2H3,(H2,31,32,35)/t25?,26-,27-,30+/m0/s1. The second-order valence-electron chi connectivity index (χ2n) is 11.1. The van der Waals surface area contributed by atoms with Gasteiger partial charge in [-0.2, -0.15) is 0 Å². The van der Waals surface area contributed by atoms with Gasteiger partial charge in [-0.15, -0.1) is 0 Å². The Bertz CT molecular complexity index is 1040. The Morgan fingerprint density at radius 2 is 1.80 bits per heavy atom. The van der Waals surface area contributed by atoms with Crippen molar-refractivity contribution in [2.45, 2.75) is 82.7 Å². The SMILES string of the molecule is CC(C)c1ccc(NC(=O)N[C@H]2CC[C@@]34CCCN3C(=O)CCC[C@H]4C2Cc2ccccc2)cc1. The zero-order valence-electron chi connectivity index (χ0n) is 21.1. The Kier molecular flexibility index (Phi) is 6.86. The molecule has 3 fully saturated rings. The highest BCUT2D eigenvalue weighted by atomic mass is 16.2. The summed E-state index contributed by atoms with van der Waals surface area (Å²) in [5.41, 5.74) is 3.38. The van der Waals surface area contributed by atoms with Crippen LogP contribution in [0.5, 0.6) is 0 Å². The molecule has 1 aliphatic carbocycles. The van der Waals surface area contributed by atoms with Crippen LogP contribution >= 0.6 is 0 Å². The highest BCUT2D eigenvalue weighted by Gasteiger charge is 2.56. The van der Waals surface area contributed by atoms with Gasteiger partial charge in [0.25, 0.3) is 0 Å². The Morgan fingerprint density at radius 3 is 2.54 bits per heavy atom. The van der Waals surface area contributed by atoms with Crippen molar-refractivity contribution >= 4 is 17.6 Å². The van der Waals surface area contributed by atoms with E-state index in [9.17, 15) is 9.59 Å². The van der Waals surface area contributed by atoms with E-state index < -0.39 is 0 Å². The van der Waals surface area contributed by atoms with E-state index in [1.165, 1.54) is 11.1 Å². The topological polar surface area (TPSA) is 61.4 Å². The first-order valence-electron chi connectivity index (χ1n) is 13.5. The van der Waals surface area contributed by atoms with Crippen molar-refractivity contribution in [2.24, 2.45) is 11.8 Å². The van der Waals surface area contributed by atoms with E-state index in [1.54, 1.807) is 0 Å². The molecule has 2 heterocycles. The van der Waals surface area contributed by atoms with Crippen LogP contribution in [0.2, 0.25) is 0 Å². The van der Waals surface area contributed by atoms with Gasteiger partial charge in [0.1, 0.15) is 0 Å². The van der Waals surface area contributed by atoms with Crippen molar-refractivity contribution in [1.29, 1.82) is 0 Å². The number of hydrogen-bond acceptors (Lipinski definition) is 2. The monoisotopic (exact) mass is 473 g/mol. The van der Waals surface area contributed by atoms with Crippen molar-refractivity contribution < 1.29 is 9.59 Å². The number of nitrogens with zero attached hydrogens (tertiary/aromatic N) is 1. The molecule has 0 bridgehead atoms. The smallest absolute Gasteiger partial charge is 0.319 e. The summed E-state index contributed by atoms with van der Waals surface area (Å²) >= 11 is 0. The molecule has 5 nitrogen and oxygen atoms in total. The second-order valence-corrected chi connectivity index (χ2v) is 11.1. The van der Waals surface area contributed by atoms with Gasteiger partial charge >= 0.3 is 6.03 Å². The third kappa shape index (κ3) is 4.82. The lowest BCUT2D eigenvalue weighted by Crippen LogP contribution is -2.61. The molecule has 1 saturated carbocycles. The number of benzene rings is 2. The highest BCUT2D eigenvalue weighted by molar-refractivity contribution is 5.89. The normalized spacial score (nSPS) is 28.3. The van der Waals surface area contributed by atoms with Crippen molar-refractivity contribution in [2.75, 3.05) is 11.9 Å². The maximum atomic E-state index is 13.1. The van der Waals surface area contributed by atoms with E-state index in [4.69, 9.17) is 0 Å². The molecule has 1 spiro atoms. The molecular weight excluding hydrogens is 434 g/mol. The van der Waals surface area contributed by atoms with E-state index in [0.717, 1.165) is 57.2 Å². The summed E-state index contributed by atoms with van der Waals surface area (Å²) in [5, 5.41) is 6.42. The highest BCUT2D eigenvalue weighted by Crippen LogP contribution is 2.52. The van der Waals surface area contributed by atoms with Crippen molar-refractivity contribution in [3.8, 4) is 0 Å². The molecule has 2 N–H and O–H groups in total. The van der Waals surface area contributed by atoms with Crippen molar-refractivity contribution in [1.82, 2.24) is 10.2 Å². The lowest BCUT2D eigenvalue weighted by atomic mass is 9.61. The van der Waals surface area contributed by atoms with Gasteiger partial charge in [0, 0.05) is 30.2 Å². The molecular formula is C30H39N3O2. The van der Waals surface area contributed by atoms with Crippen LogP contribution in [0.4, 0.5) is 10.5 Å². The van der Waals surface area contributed by atoms with Gasteiger partial charge in [0.2, 0.25) is 5.91 Å². The lowest BCUT2D eigenvalue weighted by molar-refractivity contribution is -0.138. The summed E-state index contributed by atoms with van der Waals surface area (Å²) in [6.07, 6.45) is 7.73. The molecule has 5 rings (SSSR count). The third-order valence-electron chi connectivity index (χ3n) is 8.81. The van der Waals surface area contributed by atoms with Crippen LogP contribution in [0.15, 0.2) is 54.6 Å². The molecule has 0 radical (unpaired) electrons. The minimum absolute atomic E-state index is 0.0195. The van der Waals surface area contributed by atoms with Crippen molar-refractivity contribution in [3.63, 3.8) is 0 Å². The van der Waals surface area contributed by atoms with Crippen LogP contribution in [0.25, 0.3) is 0 Å². The third-order valence-corrected chi connectivity index (χ3v) is 8.81.